The highest BCUT2D eigenvalue weighted by molar-refractivity contribution is 7.80. The molecule has 57 heavy (non-hydrogen) atoms. The molecule has 0 radical (unpaired) electrons. The fourth-order valence-electron chi connectivity index (χ4n) is 6.04. The normalized spacial score (nSPS) is 16.6. The summed E-state index contributed by atoms with van der Waals surface area (Å²) < 4.78 is 205. The molecule has 10 rings (SSSR count). The zero-order valence-corrected chi connectivity index (χ0v) is 29.9. The highest BCUT2D eigenvalue weighted by Gasteiger charge is 2.20. The summed E-state index contributed by atoms with van der Waals surface area (Å²) in [5.41, 5.74) is -5.39. The van der Waals surface area contributed by atoms with Gasteiger partial charge in [0.1, 0.15) is 11.2 Å². The predicted octanol–water partition coefficient (Wildman–Crippen LogP) is 13.9. The Balaban J connectivity index is 1.35. The summed E-state index contributed by atoms with van der Waals surface area (Å²) in [6, 6.07) is -0.775. The second-order valence-electron chi connectivity index (χ2n) is 12.1. The summed E-state index contributed by atoms with van der Waals surface area (Å²) in [4.78, 5) is 14.3. The number of aromatic nitrogens is 3. The topological polar surface area (TPSA) is 55.1 Å². The van der Waals surface area contributed by atoms with Crippen LogP contribution < -0.4 is 4.90 Å². The van der Waals surface area contributed by atoms with Crippen LogP contribution in [0.4, 0.5) is 17.1 Å². The molecule has 2 heterocycles. The Morgan fingerprint density at radius 3 is 1.79 bits per heavy atom. The van der Waals surface area contributed by atoms with E-state index in [1.807, 2.05) is 0 Å². The lowest BCUT2D eigenvalue weighted by atomic mass is 10.0. The lowest BCUT2D eigenvalue weighted by Gasteiger charge is -2.26. The summed E-state index contributed by atoms with van der Waals surface area (Å²) in [5.74, 6) is -0.00848. The molecule has 0 spiro atoms. The lowest BCUT2D eigenvalue weighted by molar-refractivity contribution is 0.669. The Morgan fingerprint density at radius 1 is 0.456 bits per heavy atom. The first-order valence-electron chi connectivity index (χ1n) is 28.0. The minimum Gasteiger partial charge on any atom is -0.456 e. The number of nitrogens with zero attached hydrogens (tertiary/aromatic N) is 4. The van der Waals surface area contributed by atoms with Crippen LogP contribution in [0, 0.1) is 0 Å². The van der Waals surface area contributed by atoms with Gasteiger partial charge in [-0.3, -0.25) is 0 Å². The lowest BCUT2D eigenvalue weighted by Crippen LogP contribution is -2.10. The first-order valence-corrected chi connectivity index (χ1v) is 17.5. The van der Waals surface area contributed by atoms with Gasteiger partial charge in [-0.25, -0.2) is 15.0 Å². The fraction of sp³-hybridized carbons (Fsp3) is 0. The van der Waals surface area contributed by atoms with Gasteiger partial charge in [0.2, 0.25) is 0 Å². The molecule has 270 valence electrons. The van der Waals surface area contributed by atoms with Gasteiger partial charge in [-0.1, -0.05) is 145 Å². The van der Waals surface area contributed by atoms with Crippen molar-refractivity contribution in [3.05, 3.63) is 200 Å². The molecule has 0 aliphatic rings. The van der Waals surface area contributed by atoms with E-state index < -0.39 is 194 Å². The number of fused-ring (bicyclic) bond motifs is 3. The van der Waals surface area contributed by atoms with Crippen molar-refractivity contribution in [2.24, 2.45) is 0 Å². The van der Waals surface area contributed by atoms with Gasteiger partial charge in [0, 0.05) is 55.5 Å². The molecule has 0 atom stereocenters. The summed E-state index contributed by atoms with van der Waals surface area (Å²) in [5, 5.41) is -0.670. The van der Waals surface area contributed by atoms with Gasteiger partial charge in [0.05, 0.1) is 30.2 Å². The number of benzene rings is 8. The smallest absolute Gasteiger partial charge is 0.164 e. The van der Waals surface area contributed by atoms with Crippen LogP contribution >= 0.6 is 12.6 Å². The Labute approximate surface area is 366 Å². The maximum atomic E-state index is 9.95. The second-order valence-corrected chi connectivity index (χ2v) is 12.6. The number of rotatable bonds is 8. The molecule has 6 heteroatoms. The molecule has 2 aromatic heterocycles. The third kappa shape index (κ3) is 6.62. The molecule has 8 aromatic carbocycles. The van der Waals surface area contributed by atoms with Crippen LogP contribution in [-0.4, -0.2) is 15.0 Å². The molecule has 5 nitrogen and oxygen atoms in total. The highest BCUT2D eigenvalue weighted by Crippen LogP contribution is 2.42. The summed E-state index contributed by atoms with van der Waals surface area (Å²) in [7, 11) is 0. The van der Waals surface area contributed by atoms with Crippen molar-refractivity contribution in [1.29, 1.82) is 0 Å². The Bertz CT molecular complexity index is 4170. The van der Waals surface area contributed by atoms with Gasteiger partial charge in [0.15, 0.2) is 17.5 Å². The van der Waals surface area contributed by atoms with Crippen LogP contribution in [0.15, 0.2) is 209 Å². The number of hydrogen-bond donors (Lipinski definition) is 1. The second kappa shape index (κ2) is 14.8. The third-order valence-corrected chi connectivity index (χ3v) is 8.97. The van der Waals surface area contributed by atoms with Crippen LogP contribution in [0.2, 0.25) is 0 Å². The summed E-state index contributed by atoms with van der Waals surface area (Å²) >= 11 is 4.36. The number of anilines is 3. The third-order valence-electron chi connectivity index (χ3n) is 8.64. The average Bonchev–Trinajstić information content (AvgIpc) is 3.84. The van der Waals surface area contributed by atoms with Crippen LogP contribution in [0.25, 0.3) is 78.4 Å². The Morgan fingerprint density at radius 2 is 1.05 bits per heavy atom. The van der Waals surface area contributed by atoms with Crippen LogP contribution in [0.3, 0.4) is 0 Å². The van der Waals surface area contributed by atoms with E-state index in [1.54, 1.807) is 60.7 Å². The van der Waals surface area contributed by atoms with Crippen LogP contribution in [-0.2, 0) is 0 Å². The van der Waals surface area contributed by atoms with E-state index in [2.05, 4.69) is 12.6 Å². The molecule has 0 amide bonds. The molecule has 0 fully saturated rings. The minimum atomic E-state index is -1.09. The van der Waals surface area contributed by atoms with Gasteiger partial charge in [0.25, 0.3) is 0 Å². The molecule has 0 bridgehead atoms. The minimum absolute atomic E-state index is 0.115. The number of thiol groups is 1. The Kier molecular flexibility index (Phi) is 4.69. The molecule has 0 saturated carbocycles. The molecule has 0 aliphatic heterocycles. The first kappa shape index (κ1) is 18.1. The van der Waals surface area contributed by atoms with Crippen LogP contribution in [0.1, 0.15) is 30.2 Å². The molecule has 0 N–H and O–H groups in total. The van der Waals surface area contributed by atoms with E-state index in [9.17, 15) is 12.3 Å². The molecular weight excluding hydrogens is 717 g/mol. The van der Waals surface area contributed by atoms with Crippen LogP contribution in [0.5, 0.6) is 0 Å². The summed E-state index contributed by atoms with van der Waals surface area (Å²) in [6.45, 7) is 0. The van der Waals surface area contributed by atoms with Crippen molar-refractivity contribution in [2.75, 3.05) is 4.90 Å². The molecule has 0 unspecified atom stereocenters. The van der Waals surface area contributed by atoms with E-state index in [1.165, 1.54) is 0 Å². The van der Waals surface area contributed by atoms with Crippen molar-refractivity contribution >= 4 is 51.6 Å². The van der Waals surface area contributed by atoms with Gasteiger partial charge in [-0.05, 0) is 70.6 Å². The highest BCUT2D eigenvalue weighted by atomic mass is 32.1. The van der Waals surface area contributed by atoms with E-state index in [-0.39, 0.29) is 28.4 Å². The van der Waals surface area contributed by atoms with E-state index in [0.717, 1.165) is 6.07 Å². The average molecular weight is 773 g/mol. The molecule has 10 aromatic rings. The zero-order valence-electron chi connectivity index (χ0n) is 51.0. The summed E-state index contributed by atoms with van der Waals surface area (Å²) in [6.07, 6.45) is 0. The molecular formula is C51H34N4OS. The quantitative estimate of drug-likeness (QED) is 0.156. The van der Waals surface area contributed by atoms with Crippen molar-refractivity contribution in [3.63, 3.8) is 0 Å². The van der Waals surface area contributed by atoms with Gasteiger partial charge in [-0.2, -0.15) is 0 Å². The van der Waals surface area contributed by atoms with Crippen molar-refractivity contribution in [3.8, 4) is 56.4 Å². The van der Waals surface area contributed by atoms with Crippen molar-refractivity contribution < 1.29 is 34.6 Å². The number of furan rings is 1. The SMILES string of the molecule is [2H]c1c(-c2c([2H])c([2H])c([2H])c([2H])c2S)cc(N(c2c([2H])c([2H])c(-c3c([2H])c([2H])c([2H])c([2H])c3[2H])c([2H])c2[2H])c2c([2H])c([2H])c3c(oc4c([2H])c([2H])c([2H])c(-c5nc(-c6ccccc6)nc(-c6ccccc6)n5)c43)c2[2H])c([2H])c1[2H]. The van der Waals surface area contributed by atoms with E-state index in [0.29, 0.717) is 16.0 Å². The maximum Gasteiger partial charge on any atom is 0.164 e. The molecule has 0 saturated heterocycles. The van der Waals surface area contributed by atoms with Gasteiger partial charge >= 0.3 is 0 Å². The van der Waals surface area contributed by atoms with Crippen molar-refractivity contribution in [1.82, 2.24) is 15.0 Å². The first-order chi connectivity index (χ1) is 37.3. The molecule has 0 aliphatic carbocycles. The number of hydrogen-bond acceptors (Lipinski definition) is 6. The van der Waals surface area contributed by atoms with E-state index in [4.69, 9.17) is 37.2 Å². The largest absolute Gasteiger partial charge is 0.456 e. The van der Waals surface area contributed by atoms with Gasteiger partial charge in [-0.15, -0.1) is 12.6 Å². The van der Waals surface area contributed by atoms with Gasteiger partial charge < -0.3 is 9.32 Å². The Hall–Kier alpha value is -7.28. The predicted molar refractivity (Wildman–Crippen MR) is 236 cm³/mol. The monoisotopic (exact) mass is 772 g/mol. The zero-order chi connectivity index (χ0) is 57.3. The maximum absolute atomic E-state index is 9.95. The fourth-order valence-corrected chi connectivity index (χ4v) is 6.27. The van der Waals surface area contributed by atoms with Crippen molar-refractivity contribution in [2.45, 2.75) is 4.90 Å². The standard InChI is InChI=1S/C51H34N4OS/c57-47-25-11-10-22-42(47)38-20-12-21-40(32-38)55(39-28-26-35(27-29-39)34-14-4-1-5-15-34)41-30-31-43-46(33-41)56-45-24-13-23-44(48(43)45)51-53-49(36-16-6-2-7-17-36)52-50(54-51)37-18-8-3-9-19-37/h1-33,57H/i1D,4D,5D,10D,11D,12D,13D,14D,15D,20D,21D,22D,23D,24D,25D,26D,27D,28D,29D,30D,31D,33D. The van der Waals surface area contributed by atoms with E-state index >= 15 is 0 Å².